The predicted molar refractivity (Wildman–Crippen MR) is 112 cm³/mol. The van der Waals surface area contributed by atoms with Crippen LogP contribution in [0.5, 0.6) is 5.75 Å². The Kier molecular flexibility index (Phi) is 5.61. The fourth-order valence-electron chi connectivity index (χ4n) is 3.83. The van der Waals surface area contributed by atoms with E-state index < -0.39 is 10.0 Å². The average Bonchev–Trinajstić information content (AvgIpc) is 3.16. The van der Waals surface area contributed by atoms with Gasteiger partial charge in [0.2, 0.25) is 15.9 Å². The molecule has 4 rings (SSSR count). The van der Waals surface area contributed by atoms with E-state index in [-0.39, 0.29) is 17.2 Å². The van der Waals surface area contributed by atoms with Crippen molar-refractivity contribution in [1.29, 1.82) is 0 Å². The monoisotopic (exact) mass is 414 g/mol. The molecule has 0 atom stereocenters. The number of nitrogens with zero attached hydrogens (tertiary/aromatic N) is 1. The summed E-state index contributed by atoms with van der Waals surface area (Å²) in [5.74, 6) is 1.33. The SMILES string of the molecule is CC1CCN(S(=O)(=O)c2ccc(NC(=O)Cc3ccc4c(c3)CCO4)cc2)CC1. The van der Waals surface area contributed by atoms with Gasteiger partial charge < -0.3 is 10.1 Å². The van der Waals surface area contributed by atoms with Gasteiger partial charge in [-0.1, -0.05) is 19.1 Å². The molecule has 2 heterocycles. The molecular weight excluding hydrogens is 388 g/mol. The van der Waals surface area contributed by atoms with Gasteiger partial charge in [0.25, 0.3) is 0 Å². The van der Waals surface area contributed by atoms with Crippen LogP contribution in [-0.4, -0.2) is 38.3 Å². The van der Waals surface area contributed by atoms with Crippen molar-refractivity contribution in [2.24, 2.45) is 5.92 Å². The van der Waals surface area contributed by atoms with Crippen molar-refractivity contribution >= 4 is 21.6 Å². The molecule has 0 aliphatic carbocycles. The van der Waals surface area contributed by atoms with Gasteiger partial charge in [-0.05, 0) is 60.2 Å². The Morgan fingerprint density at radius 1 is 1.14 bits per heavy atom. The molecule has 6 nitrogen and oxygen atoms in total. The van der Waals surface area contributed by atoms with Crippen LogP contribution in [0.25, 0.3) is 0 Å². The van der Waals surface area contributed by atoms with Gasteiger partial charge in [-0.2, -0.15) is 4.31 Å². The van der Waals surface area contributed by atoms with Crippen LogP contribution in [0.1, 0.15) is 30.9 Å². The van der Waals surface area contributed by atoms with Gasteiger partial charge in [0, 0.05) is 25.2 Å². The third kappa shape index (κ3) is 4.46. The van der Waals surface area contributed by atoms with E-state index >= 15 is 0 Å². The summed E-state index contributed by atoms with van der Waals surface area (Å²) in [5, 5.41) is 2.84. The zero-order chi connectivity index (χ0) is 20.4. The molecule has 0 radical (unpaired) electrons. The van der Waals surface area contributed by atoms with E-state index in [0.29, 0.717) is 31.3 Å². The zero-order valence-electron chi connectivity index (χ0n) is 16.6. The van der Waals surface area contributed by atoms with E-state index in [4.69, 9.17) is 4.74 Å². The number of carbonyl (C=O) groups excluding carboxylic acids is 1. The van der Waals surface area contributed by atoms with Gasteiger partial charge in [0.15, 0.2) is 0 Å². The number of piperidine rings is 1. The second-order valence-corrected chi connectivity index (χ2v) is 9.81. The van der Waals surface area contributed by atoms with E-state index in [1.807, 2.05) is 18.2 Å². The number of hydrogen-bond donors (Lipinski definition) is 1. The number of ether oxygens (including phenoxy) is 1. The van der Waals surface area contributed by atoms with Gasteiger partial charge in [-0.3, -0.25) is 4.79 Å². The highest BCUT2D eigenvalue weighted by atomic mass is 32.2. The highest BCUT2D eigenvalue weighted by Gasteiger charge is 2.27. The summed E-state index contributed by atoms with van der Waals surface area (Å²) in [6, 6.07) is 12.2. The number of carbonyl (C=O) groups is 1. The van der Waals surface area contributed by atoms with Crippen molar-refractivity contribution < 1.29 is 17.9 Å². The maximum Gasteiger partial charge on any atom is 0.243 e. The first-order valence-electron chi connectivity index (χ1n) is 10.1. The summed E-state index contributed by atoms with van der Waals surface area (Å²) < 4.78 is 32.6. The van der Waals surface area contributed by atoms with Crippen LogP contribution in [0.15, 0.2) is 47.4 Å². The number of sulfonamides is 1. The molecule has 7 heteroatoms. The summed E-state index contributed by atoms with van der Waals surface area (Å²) in [5.41, 5.74) is 2.66. The Morgan fingerprint density at radius 2 is 1.86 bits per heavy atom. The van der Waals surface area contributed by atoms with Crippen LogP contribution in [0, 0.1) is 5.92 Å². The maximum atomic E-state index is 12.8. The molecule has 1 N–H and O–H groups in total. The van der Waals surface area contributed by atoms with Crippen LogP contribution >= 0.6 is 0 Å². The third-order valence-electron chi connectivity index (χ3n) is 5.64. The summed E-state index contributed by atoms with van der Waals surface area (Å²) in [7, 11) is -3.48. The molecule has 1 amide bonds. The molecular formula is C22H26N2O4S. The second-order valence-electron chi connectivity index (χ2n) is 7.88. The first kappa shape index (κ1) is 19.9. The Balaban J connectivity index is 1.38. The van der Waals surface area contributed by atoms with Crippen LogP contribution in [0.4, 0.5) is 5.69 Å². The first-order valence-corrected chi connectivity index (χ1v) is 11.5. The number of rotatable bonds is 5. The normalized spacial score (nSPS) is 17.6. The fraction of sp³-hybridized carbons (Fsp3) is 0.409. The predicted octanol–water partition coefficient (Wildman–Crippen LogP) is 3.22. The lowest BCUT2D eigenvalue weighted by Gasteiger charge is -2.29. The minimum atomic E-state index is -3.48. The molecule has 29 heavy (non-hydrogen) atoms. The molecule has 0 spiro atoms. The molecule has 154 valence electrons. The van der Waals surface area contributed by atoms with E-state index in [1.165, 1.54) is 0 Å². The Bertz CT molecular complexity index is 994. The number of nitrogens with one attached hydrogen (secondary N) is 1. The molecule has 2 aromatic carbocycles. The molecule has 0 unspecified atom stereocenters. The van der Waals surface area contributed by atoms with Crippen molar-refractivity contribution in [3.63, 3.8) is 0 Å². The number of fused-ring (bicyclic) bond motifs is 1. The topological polar surface area (TPSA) is 75.7 Å². The van der Waals surface area contributed by atoms with Gasteiger partial charge in [-0.25, -0.2) is 8.42 Å². The Labute approximate surface area is 171 Å². The average molecular weight is 415 g/mol. The molecule has 2 aliphatic heterocycles. The van der Waals surface area contributed by atoms with E-state index in [1.54, 1.807) is 28.6 Å². The maximum absolute atomic E-state index is 12.8. The number of amides is 1. The minimum absolute atomic E-state index is 0.135. The second kappa shape index (κ2) is 8.16. The highest BCUT2D eigenvalue weighted by Crippen LogP contribution is 2.27. The first-order chi connectivity index (χ1) is 13.9. The molecule has 1 fully saturated rings. The van der Waals surface area contributed by atoms with Crippen LogP contribution in [0.3, 0.4) is 0 Å². The van der Waals surface area contributed by atoms with Crippen molar-refractivity contribution in [3.8, 4) is 5.75 Å². The molecule has 0 saturated carbocycles. The number of hydrogen-bond acceptors (Lipinski definition) is 4. The fourth-order valence-corrected chi connectivity index (χ4v) is 5.29. The zero-order valence-corrected chi connectivity index (χ0v) is 17.4. The van der Waals surface area contributed by atoms with Crippen molar-refractivity contribution in [2.75, 3.05) is 25.0 Å². The lowest BCUT2D eigenvalue weighted by Crippen LogP contribution is -2.37. The van der Waals surface area contributed by atoms with E-state index in [0.717, 1.165) is 36.1 Å². The highest BCUT2D eigenvalue weighted by molar-refractivity contribution is 7.89. The Morgan fingerprint density at radius 3 is 2.59 bits per heavy atom. The van der Waals surface area contributed by atoms with Gasteiger partial charge >= 0.3 is 0 Å². The van der Waals surface area contributed by atoms with Crippen LogP contribution in [0.2, 0.25) is 0 Å². The quantitative estimate of drug-likeness (QED) is 0.815. The summed E-state index contributed by atoms with van der Waals surface area (Å²) in [6.07, 6.45) is 2.92. The molecule has 2 aromatic rings. The van der Waals surface area contributed by atoms with E-state index in [2.05, 4.69) is 12.2 Å². The van der Waals surface area contributed by atoms with Gasteiger partial charge in [0.1, 0.15) is 5.75 Å². The smallest absolute Gasteiger partial charge is 0.243 e. The molecule has 0 aromatic heterocycles. The molecule has 0 bridgehead atoms. The molecule has 2 aliphatic rings. The lowest BCUT2D eigenvalue weighted by atomic mass is 10.0. The third-order valence-corrected chi connectivity index (χ3v) is 7.55. The number of benzene rings is 2. The van der Waals surface area contributed by atoms with Crippen molar-refractivity contribution in [1.82, 2.24) is 4.31 Å². The van der Waals surface area contributed by atoms with Gasteiger partial charge in [0.05, 0.1) is 17.9 Å². The summed E-state index contributed by atoms with van der Waals surface area (Å²) in [4.78, 5) is 12.6. The van der Waals surface area contributed by atoms with Gasteiger partial charge in [-0.15, -0.1) is 0 Å². The van der Waals surface area contributed by atoms with Crippen LogP contribution < -0.4 is 10.1 Å². The number of anilines is 1. The Hall–Kier alpha value is -2.38. The standard InChI is InChI=1S/C22H26N2O4S/c1-16-8-11-24(12-9-16)29(26,27)20-5-3-19(4-6-20)23-22(25)15-17-2-7-21-18(14-17)10-13-28-21/h2-7,14,16H,8-13,15H2,1H3,(H,23,25). The van der Waals surface area contributed by atoms with Crippen molar-refractivity contribution in [2.45, 2.75) is 37.5 Å². The summed E-state index contributed by atoms with van der Waals surface area (Å²) in [6.45, 7) is 3.97. The minimum Gasteiger partial charge on any atom is -0.493 e. The van der Waals surface area contributed by atoms with Crippen LogP contribution in [-0.2, 0) is 27.7 Å². The lowest BCUT2D eigenvalue weighted by molar-refractivity contribution is -0.115. The largest absolute Gasteiger partial charge is 0.493 e. The van der Waals surface area contributed by atoms with E-state index in [9.17, 15) is 13.2 Å². The van der Waals surface area contributed by atoms with Crippen molar-refractivity contribution in [3.05, 3.63) is 53.6 Å². The molecule has 1 saturated heterocycles. The summed E-state index contributed by atoms with van der Waals surface area (Å²) >= 11 is 0.